The van der Waals surface area contributed by atoms with Crippen LogP contribution < -0.4 is 9.47 Å². The maximum Gasteiger partial charge on any atom is 0.363 e. The number of nitro groups is 1. The molecule has 4 rings (SSSR count). The molecule has 0 spiro atoms. The van der Waals surface area contributed by atoms with Crippen molar-refractivity contribution in [1.82, 2.24) is 0 Å². The number of fused-ring (bicyclic) bond motifs is 1. The molecule has 0 aromatic heterocycles. The zero-order valence-corrected chi connectivity index (χ0v) is 14.8. The molecule has 2 aromatic carbocycles. The molecule has 0 saturated heterocycles. The molecular weight excluding hydrogens is 399 g/mol. The average molecular weight is 407 g/mol. The van der Waals surface area contributed by atoms with E-state index in [4.69, 9.17) is 37.4 Å². The van der Waals surface area contributed by atoms with E-state index in [1.807, 2.05) is 0 Å². The Morgan fingerprint density at radius 1 is 1.11 bits per heavy atom. The summed E-state index contributed by atoms with van der Waals surface area (Å²) in [6, 6.07) is 6.94. The molecule has 0 N–H and O–H groups in total. The number of aliphatic imine (C=N–C) groups is 1. The van der Waals surface area contributed by atoms with E-state index in [9.17, 15) is 14.9 Å². The smallest absolute Gasteiger partial charge is 0.363 e. The van der Waals surface area contributed by atoms with E-state index in [-0.39, 0.29) is 34.7 Å². The Kier molecular flexibility index (Phi) is 4.21. The summed E-state index contributed by atoms with van der Waals surface area (Å²) in [6.45, 7) is 0.0846. The van der Waals surface area contributed by atoms with Gasteiger partial charge in [0.2, 0.25) is 12.7 Å². The second kappa shape index (κ2) is 6.57. The molecule has 0 atom stereocenters. The Labute approximate surface area is 161 Å². The third kappa shape index (κ3) is 3.20. The molecule has 0 radical (unpaired) electrons. The van der Waals surface area contributed by atoms with E-state index in [1.165, 1.54) is 24.3 Å². The SMILES string of the molecule is O=C1OC(c2cc([N+](=O)[O-])ccc2Cl)=N/C1=C/c1cc2c(cc1Cl)OCO2. The highest BCUT2D eigenvalue weighted by atomic mass is 35.5. The Morgan fingerprint density at radius 2 is 1.85 bits per heavy atom. The van der Waals surface area contributed by atoms with Gasteiger partial charge in [0, 0.05) is 18.2 Å². The van der Waals surface area contributed by atoms with Gasteiger partial charge >= 0.3 is 5.97 Å². The summed E-state index contributed by atoms with van der Waals surface area (Å²) in [4.78, 5) is 26.6. The van der Waals surface area contributed by atoms with Crippen molar-refractivity contribution < 1.29 is 23.9 Å². The van der Waals surface area contributed by atoms with Crippen molar-refractivity contribution in [3.8, 4) is 11.5 Å². The molecule has 2 aliphatic heterocycles. The van der Waals surface area contributed by atoms with E-state index in [2.05, 4.69) is 4.99 Å². The van der Waals surface area contributed by atoms with Gasteiger partial charge in [-0.15, -0.1) is 0 Å². The van der Waals surface area contributed by atoms with Crippen LogP contribution in [0.15, 0.2) is 41.0 Å². The Balaban J connectivity index is 1.73. The fourth-order valence-corrected chi connectivity index (χ4v) is 2.91. The van der Waals surface area contributed by atoms with Gasteiger partial charge in [0.05, 0.1) is 20.5 Å². The topological polar surface area (TPSA) is 100 Å². The highest BCUT2D eigenvalue weighted by Gasteiger charge is 2.27. The number of benzene rings is 2. The molecule has 2 aliphatic rings. The Bertz CT molecular complexity index is 1060. The lowest BCUT2D eigenvalue weighted by atomic mass is 10.1. The van der Waals surface area contributed by atoms with Crippen LogP contribution in [0.2, 0.25) is 10.0 Å². The van der Waals surface area contributed by atoms with Crippen LogP contribution >= 0.6 is 23.2 Å². The number of halogens is 2. The fraction of sp³-hybridized carbons (Fsp3) is 0.0588. The number of hydrogen-bond donors (Lipinski definition) is 0. The highest BCUT2D eigenvalue weighted by Crippen LogP contribution is 2.38. The molecule has 0 unspecified atom stereocenters. The molecule has 0 aliphatic carbocycles. The van der Waals surface area contributed by atoms with Crippen molar-refractivity contribution in [2.45, 2.75) is 0 Å². The monoisotopic (exact) mass is 406 g/mol. The first kappa shape index (κ1) is 17.3. The standard InChI is InChI=1S/C17H8Cl2N2O6/c18-11-2-1-9(21(23)24)5-10(11)16-20-13(17(22)27-16)3-8-4-14-15(6-12(8)19)26-7-25-14/h1-6H,7H2/b13-3+. The number of nitro benzene ring substituents is 1. The van der Waals surface area contributed by atoms with Gasteiger partial charge in [0.25, 0.3) is 5.69 Å². The van der Waals surface area contributed by atoms with Crippen molar-refractivity contribution in [3.63, 3.8) is 0 Å². The third-order valence-corrected chi connectivity index (χ3v) is 4.45. The molecule has 0 fully saturated rings. The summed E-state index contributed by atoms with van der Waals surface area (Å²) in [5.74, 6) is 0.130. The highest BCUT2D eigenvalue weighted by molar-refractivity contribution is 6.35. The molecule has 10 heteroatoms. The van der Waals surface area contributed by atoms with Crippen molar-refractivity contribution in [2.24, 2.45) is 4.99 Å². The first-order valence-corrected chi connectivity index (χ1v) is 8.24. The van der Waals surface area contributed by atoms with Crippen LogP contribution in [-0.4, -0.2) is 23.6 Å². The van der Waals surface area contributed by atoms with Crippen LogP contribution in [0, 0.1) is 10.1 Å². The van der Waals surface area contributed by atoms with Gasteiger partial charge in [0.1, 0.15) is 0 Å². The van der Waals surface area contributed by atoms with E-state index in [0.717, 1.165) is 0 Å². The molecule has 136 valence electrons. The second-order valence-electron chi connectivity index (χ2n) is 5.48. The summed E-state index contributed by atoms with van der Waals surface area (Å²) in [5, 5.41) is 11.4. The van der Waals surface area contributed by atoms with Crippen LogP contribution in [0.1, 0.15) is 11.1 Å². The van der Waals surface area contributed by atoms with Gasteiger partial charge < -0.3 is 14.2 Å². The number of carbonyl (C=O) groups is 1. The first-order valence-electron chi connectivity index (χ1n) is 7.48. The lowest BCUT2D eigenvalue weighted by Gasteiger charge is -2.02. The van der Waals surface area contributed by atoms with Crippen molar-refractivity contribution in [1.29, 1.82) is 0 Å². The molecule has 27 heavy (non-hydrogen) atoms. The number of rotatable bonds is 3. The predicted octanol–water partition coefficient (Wildman–Crippen LogP) is 3.97. The Hall–Kier alpha value is -3.10. The maximum absolute atomic E-state index is 12.2. The second-order valence-corrected chi connectivity index (χ2v) is 6.30. The molecule has 0 saturated carbocycles. The van der Waals surface area contributed by atoms with Gasteiger partial charge in [-0.1, -0.05) is 23.2 Å². The Morgan fingerprint density at radius 3 is 2.59 bits per heavy atom. The number of carbonyl (C=O) groups excluding carboxylic acids is 1. The quantitative estimate of drug-likeness (QED) is 0.330. The molecule has 0 amide bonds. The molecule has 0 bridgehead atoms. The number of hydrogen-bond acceptors (Lipinski definition) is 7. The van der Waals surface area contributed by atoms with Gasteiger partial charge in [-0.25, -0.2) is 9.79 Å². The minimum absolute atomic E-state index is 0.0339. The number of non-ortho nitro benzene ring substituents is 1. The van der Waals surface area contributed by atoms with Crippen molar-refractivity contribution in [2.75, 3.05) is 6.79 Å². The predicted molar refractivity (Wildman–Crippen MR) is 96.3 cm³/mol. The van der Waals surface area contributed by atoms with Gasteiger partial charge in [-0.05, 0) is 23.8 Å². The van der Waals surface area contributed by atoms with Crippen molar-refractivity contribution >= 4 is 46.8 Å². The first-order chi connectivity index (χ1) is 12.9. The zero-order valence-electron chi connectivity index (χ0n) is 13.3. The summed E-state index contributed by atoms with van der Waals surface area (Å²) in [7, 11) is 0. The van der Waals surface area contributed by atoms with Gasteiger partial charge in [-0.3, -0.25) is 10.1 Å². The van der Waals surface area contributed by atoms with E-state index in [0.29, 0.717) is 22.1 Å². The lowest BCUT2D eigenvalue weighted by Crippen LogP contribution is -2.06. The molecule has 8 nitrogen and oxygen atoms in total. The van der Waals surface area contributed by atoms with Gasteiger partial charge in [-0.2, -0.15) is 0 Å². The van der Waals surface area contributed by atoms with Crippen LogP contribution in [0.5, 0.6) is 11.5 Å². The zero-order chi connectivity index (χ0) is 19.1. The molecule has 2 aromatic rings. The van der Waals surface area contributed by atoms with E-state index >= 15 is 0 Å². The van der Waals surface area contributed by atoms with Crippen LogP contribution in [0.3, 0.4) is 0 Å². The average Bonchev–Trinajstić information content (AvgIpc) is 3.22. The number of nitrogens with zero attached hydrogens (tertiary/aromatic N) is 2. The summed E-state index contributed by atoms with van der Waals surface area (Å²) < 4.78 is 15.6. The normalized spacial score (nSPS) is 16.4. The van der Waals surface area contributed by atoms with Crippen molar-refractivity contribution in [3.05, 3.63) is 67.3 Å². The minimum Gasteiger partial charge on any atom is -0.454 e. The van der Waals surface area contributed by atoms with Gasteiger partial charge in [0.15, 0.2) is 17.2 Å². The maximum atomic E-state index is 12.2. The summed E-state index contributed by atoms with van der Waals surface area (Å²) in [6.07, 6.45) is 1.42. The summed E-state index contributed by atoms with van der Waals surface area (Å²) >= 11 is 12.3. The van der Waals surface area contributed by atoms with Crippen LogP contribution in [0.25, 0.3) is 6.08 Å². The van der Waals surface area contributed by atoms with E-state index < -0.39 is 10.9 Å². The van der Waals surface area contributed by atoms with E-state index in [1.54, 1.807) is 12.1 Å². The largest absolute Gasteiger partial charge is 0.454 e. The number of esters is 1. The summed E-state index contributed by atoms with van der Waals surface area (Å²) in [5.41, 5.74) is 0.375. The molecule has 2 heterocycles. The third-order valence-electron chi connectivity index (χ3n) is 3.80. The molecular formula is C17H8Cl2N2O6. The van der Waals surface area contributed by atoms with Crippen LogP contribution in [-0.2, 0) is 9.53 Å². The number of ether oxygens (including phenoxy) is 3. The van der Waals surface area contributed by atoms with Crippen LogP contribution in [0.4, 0.5) is 5.69 Å². The minimum atomic E-state index is -0.735. The lowest BCUT2D eigenvalue weighted by molar-refractivity contribution is -0.384. The number of cyclic esters (lactones) is 1. The fourth-order valence-electron chi connectivity index (χ4n) is 2.51.